The average Bonchev–Trinajstić information content (AvgIpc) is 3.30. The number of hydrogen-bond donors (Lipinski definition) is 2. The van der Waals surface area contributed by atoms with E-state index in [1.165, 1.54) is 6.33 Å². The van der Waals surface area contributed by atoms with Gasteiger partial charge in [-0.2, -0.15) is 0 Å². The highest BCUT2D eigenvalue weighted by Gasteiger charge is 2.27. The minimum atomic E-state index is -0.136. The van der Waals surface area contributed by atoms with Crippen molar-refractivity contribution in [2.45, 2.75) is 19.8 Å². The minimum Gasteiger partial charge on any atom is -0.326 e. The number of anilines is 2. The van der Waals surface area contributed by atoms with Crippen molar-refractivity contribution in [1.29, 1.82) is 0 Å². The van der Waals surface area contributed by atoms with E-state index in [0.29, 0.717) is 31.6 Å². The minimum absolute atomic E-state index is 0.0374. The second kappa shape index (κ2) is 8.73. The lowest BCUT2D eigenvalue weighted by Gasteiger charge is -2.31. The smallest absolute Gasteiger partial charge is 0.321 e. The van der Waals surface area contributed by atoms with Crippen LogP contribution in [0.25, 0.3) is 5.69 Å². The molecule has 0 bridgehead atoms. The van der Waals surface area contributed by atoms with Crippen LogP contribution in [0, 0.1) is 12.8 Å². The first-order valence-corrected chi connectivity index (χ1v) is 9.86. The Morgan fingerprint density at radius 1 is 1.00 bits per heavy atom. The van der Waals surface area contributed by atoms with E-state index >= 15 is 0 Å². The molecule has 4 rings (SSSR count). The van der Waals surface area contributed by atoms with Crippen molar-refractivity contribution in [3.63, 3.8) is 0 Å². The van der Waals surface area contributed by atoms with Gasteiger partial charge >= 0.3 is 6.03 Å². The molecule has 9 heteroatoms. The van der Waals surface area contributed by atoms with Crippen molar-refractivity contribution in [3.05, 3.63) is 60.4 Å². The molecule has 0 spiro atoms. The molecular formula is C21H23N7O2. The van der Waals surface area contributed by atoms with Gasteiger partial charge in [-0.1, -0.05) is 24.3 Å². The molecule has 2 N–H and O–H groups in total. The first kappa shape index (κ1) is 19.6. The highest BCUT2D eigenvalue weighted by Crippen LogP contribution is 2.23. The maximum Gasteiger partial charge on any atom is 0.321 e. The largest absolute Gasteiger partial charge is 0.326 e. The van der Waals surface area contributed by atoms with Crippen molar-refractivity contribution in [2.75, 3.05) is 23.7 Å². The van der Waals surface area contributed by atoms with Gasteiger partial charge in [-0.05, 0) is 60.0 Å². The fourth-order valence-electron chi connectivity index (χ4n) is 3.52. The van der Waals surface area contributed by atoms with Gasteiger partial charge in [0, 0.05) is 30.4 Å². The van der Waals surface area contributed by atoms with Crippen molar-refractivity contribution >= 4 is 23.3 Å². The SMILES string of the molecule is Cc1ccc(NC(=O)C2CCN(C(=O)Nc3ccccc3)CC2)cc1-n1cnnn1. The number of aromatic nitrogens is 4. The molecule has 3 aromatic rings. The maximum atomic E-state index is 12.7. The number of para-hydroxylation sites is 1. The molecule has 1 aromatic heterocycles. The molecule has 1 fully saturated rings. The molecule has 0 atom stereocenters. The van der Waals surface area contributed by atoms with E-state index in [0.717, 1.165) is 16.9 Å². The molecule has 9 nitrogen and oxygen atoms in total. The van der Waals surface area contributed by atoms with E-state index in [-0.39, 0.29) is 17.9 Å². The van der Waals surface area contributed by atoms with Crippen LogP contribution in [-0.2, 0) is 4.79 Å². The lowest BCUT2D eigenvalue weighted by Crippen LogP contribution is -2.43. The fraction of sp³-hybridized carbons (Fsp3) is 0.286. The fourth-order valence-corrected chi connectivity index (χ4v) is 3.52. The number of carbonyl (C=O) groups excluding carboxylic acids is 2. The van der Waals surface area contributed by atoms with Gasteiger partial charge in [0.1, 0.15) is 6.33 Å². The number of tetrazole rings is 1. The van der Waals surface area contributed by atoms with Crippen LogP contribution in [0.1, 0.15) is 18.4 Å². The number of piperidine rings is 1. The summed E-state index contributed by atoms with van der Waals surface area (Å²) in [5.74, 6) is -0.173. The molecule has 1 aliphatic rings. The van der Waals surface area contributed by atoms with Crippen LogP contribution in [0.5, 0.6) is 0 Å². The predicted octanol–water partition coefficient (Wildman–Crippen LogP) is 2.85. The predicted molar refractivity (Wildman–Crippen MR) is 112 cm³/mol. The summed E-state index contributed by atoms with van der Waals surface area (Å²) in [6, 6.07) is 14.9. The lowest BCUT2D eigenvalue weighted by atomic mass is 9.96. The summed E-state index contributed by atoms with van der Waals surface area (Å²) in [6.45, 7) is 3.04. The number of amides is 3. The Morgan fingerprint density at radius 2 is 1.77 bits per heavy atom. The Kier molecular flexibility index (Phi) is 5.69. The number of carbonyl (C=O) groups is 2. The standard InChI is InChI=1S/C21H23N7O2/c1-15-7-8-18(13-19(15)28-14-22-25-26-28)23-20(29)16-9-11-27(12-10-16)21(30)24-17-5-3-2-4-6-17/h2-8,13-14,16H,9-12H2,1H3,(H,23,29)(H,24,30). The van der Waals surface area contributed by atoms with Gasteiger partial charge in [0.15, 0.2) is 0 Å². The Labute approximate surface area is 174 Å². The molecule has 3 amide bonds. The molecule has 0 aliphatic carbocycles. The Bertz CT molecular complexity index is 1010. The van der Waals surface area contributed by atoms with Gasteiger partial charge in [0.25, 0.3) is 0 Å². The van der Waals surface area contributed by atoms with Gasteiger partial charge in [-0.25, -0.2) is 9.48 Å². The van der Waals surface area contributed by atoms with E-state index in [1.807, 2.05) is 55.5 Å². The van der Waals surface area contributed by atoms with Crippen molar-refractivity contribution in [1.82, 2.24) is 25.1 Å². The van der Waals surface area contributed by atoms with Crippen molar-refractivity contribution < 1.29 is 9.59 Å². The van der Waals surface area contributed by atoms with Crippen LogP contribution in [0.2, 0.25) is 0 Å². The highest BCUT2D eigenvalue weighted by molar-refractivity contribution is 5.93. The third-order valence-corrected chi connectivity index (χ3v) is 5.25. The molecule has 0 unspecified atom stereocenters. The summed E-state index contributed by atoms with van der Waals surface area (Å²) in [4.78, 5) is 26.9. The third kappa shape index (κ3) is 4.45. The number of urea groups is 1. The number of aryl methyl sites for hydroxylation is 1. The summed E-state index contributed by atoms with van der Waals surface area (Å²) >= 11 is 0. The zero-order valence-corrected chi connectivity index (χ0v) is 16.7. The molecule has 1 saturated heterocycles. The number of nitrogens with zero attached hydrogens (tertiary/aromatic N) is 5. The topological polar surface area (TPSA) is 105 Å². The van der Waals surface area contributed by atoms with E-state index in [2.05, 4.69) is 26.2 Å². The molecule has 0 saturated carbocycles. The molecule has 2 heterocycles. The summed E-state index contributed by atoms with van der Waals surface area (Å²) < 4.78 is 1.56. The Balaban J connectivity index is 1.33. The Hall–Kier alpha value is -3.75. The van der Waals surface area contributed by atoms with E-state index in [1.54, 1.807) is 9.58 Å². The van der Waals surface area contributed by atoms with Crippen molar-refractivity contribution in [2.24, 2.45) is 5.92 Å². The van der Waals surface area contributed by atoms with Gasteiger partial charge in [0.2, 0.25) is 5.91 Å². The zero-order chi connectivity index (χ0) is 20.9. The summed E-state index contributed by atoms with van der Waals surface area (Å²) in [6.07, 6.45) is 2.77. The molecule has 1 aliphatic heterocycles. The maximum absolute atomic E-state index is 12.7. The molecular weight excluding hydrogens is 382 g/mol. The monoisotopic (exact) mass is 405 g/mol. The highest BCUT2D eigenvalue weighted by atomic mass is 16.2. The van der Waals surface area contributed by atoms with Crippen LogP contribution in [0.15, 0.2) is 54.9 Å². The second-order valence-corrected chi connectivity index (χ2v) is 7.30. The summed E-state index contributed by atoms with van der Waals surface area (Å²) in [5.41, 5.74) is 3.27. The van der Waals surface area contributed by atoms with E-state index in [9.17, 15) is 9.59 Å². The van der Waals surface area contributed by atoms with Crippen LogP contribution < -0.4 is 10.6 Å². The Morgan fingerprint density at radius 3 is 2.47 bits per heavy atom. The zero-order valence-electron chi connectivity index (χ0n) is 16.7. The van der Waals surface area contributed by atoms with Crippen LogP contribution in [0.3, 0.4) is 0 Å². The van der Waals surface area contributed by atoms with E-state index < -0.39 is 0 Å². The second-order valence-electron chi connectivity index (χ2n) is 7.30. The van der Waals surface area contributed by atoms with Gasteiger partial charge in [-0.15, -0.1) is 5.10 Å². The number of hydrogen-bond acceptors (Lipinski definition) is 5. The first-order valence-electron chi connectivity index (χ1n) is 9.86. The lowest BCUT2D eigenvalue weighted by molar-refractivity contribution is -0.121. The number of rotatable bonds is 4. The quantitative estimate of drug-likeness (QED) is 0.694. The summed E-state index contributed by atoms with van der Waals surface area (Å²) in [7, 11) is 0. The number of benzene rings is 2. The summed E-state index contributed by atoms with van der Waals surface area (Å²) in [5, 5.41) is 17.1. The number of nitrogens with one attached hydrogen (secondary N) is 2. The van der Waals surface area contributed by atoms with Crippen LogP contribution in [-0.4, -0.2) is 50.1 Å². The molecule has 154 valence electrons. The third-order valence-electron chi connectivity index (χ3n) is 5.25. The van der Waals surface area contributed by atoms with Gasteiger partial charge < -0.3 is 15.5 Å². The van der Waals surface area contributed by atoms with Crippen LogP contribution in [0.4, 0.5) is 16.2 Å². The van der Waals surface area contributed by atoms with E-state index in [4.69, 9.17) is 0 Å². The number of likely N-dealkylation sites (tertiary alicyclic amines) is 1. The van der Waals surface area contributed by atoms with Crippen molar-refractivity contribution in [3.8, 4) is 5.69 Å². The van der Waals surface area contributed by atoms with Gasteiger partial charge in [-0.3, -0.25) is 4.79 Å². The molecule has 2 aromatic carbocycles. The average molecular weight is 405 g/mol. The normalized spacial score (nSPS) is 14.4. The molecule has 30 heavy (non-hydrogen) atoms. The van der Waals surface area contributed by atoms with Gasteiger partial charge in [0.05, 0.1) is 5.69 Å². The molecule has 0 radical (unpaired) electrons. The van der Waals surface area contributed by atoms with Crippen LogP contribution >= 0.6 is 0 Å². The first-order chi connectivity index (χ1) is 14.6.